The lowest BCUT2D eigenvalue weighted by molar-refractivity contribution is -0.143. The highest BCUT2D eigenvalue weighted by Crippen LogP contribution is 2.46. The van der Waals surface area contributed by atoms with E-state index in [1.165, 1.54) is 10.5 Å². The van der Waals surface area contributed by atoms with Crippen LogP contribution in [0.3, 0.4) is 0 Å². The average Bonchev–Trinajstić information content (AvgIpc) is 3.14. The minimum Gasteiger partial charge on any atom is -0.491 e. The first-order valence-corrected chi connectivity index (χ1v) is 8.79. The Morgan fingerprint density at radius 1 is 1.21 bits per heavy atom. The molecule has 1 aromatic carbocycles. The third kappa shape index (κ3) is 3.31. The Labute approximate surface area is 142 Å². The average molecular weight is 331 g/mol. The molecule has 1 aromatic rings. The minimum atomic E-state index is -0.875. The maximum Gasteiger partial charge on any atom is 0.235 e. The molecule has 0 unspecified atom stereocenters. The molecule has 2 amide bonds. The Bertz CT molecular complexity index is 604. The number of benzene rings is 1. The van der Waals surface area contributed by atoms with Crippen LogP contribution in [0, 0.1) is 5.41 Å². The highest BCUT2D eigenvalue weighted by molar-refractivity contribution is 6.06. The molecule has 1 atom stereocenters. The maximum absolute atomic E-state index is 12.6. The normalized spacial score (nSPS) is 20.8. The van der Waals surface area contributed by atoms with Crippen molar-refractivity contribution in [1.82, 2.24) is 4.90 Å². The molecular weight excluding hydrogens is 306 g/mol. The number of hydrogen-bond acceptors (Lipinski definition) is 4. The molecule has 2 aliphatic rings. The Kier molecular flexibility index (Phi) is 4.90. The van der Waals surface area contributed by atoms with E-state index in [0.717, 1.165) is 32.1 Å². The molecule has 1 N–H and O–H groups in total. The lowest BCUT2D eigenvalue weighted by Gasteiger charge is -2.23. The standard InChI is InChI=1S/C19H25NO4/c1-2-14-5-7-16(8-6-14)24-13-15(21)12-20-17(22)11-19(18(20)23)9-3-4-10-19/h5-8,15,21H,2-4,9-13H2,1H3/t15-/m0/s1. The van der Waals surface area contributed by atoms with Gasteiger partial charge >= 0.3 is 0 Å². The number of β-amino-alcohol motifs (C(OH)–C–C–N with tert-alkyl or cyclic N) is 1. The van der Waals surface area contributed by atoms with Gasteiger partial charge in [0.15, 0.2) is 0 Å². The first kappa shape index (κ1) is 17.0. The number of carbonyl (C=O) groups is 2. The van der Waals surface area contributed by atoms with Gasteiger partial charge in [0, 0.05) is 6.42 Å². The van der Waals surface area contributed by atoms with Crippen molar-refractivity contribution in [2.45, 2.75) is 51.6 Å². The number of carbonyl (C=O) groups excluding carboxylic acids is 2. The van der Waals surface area contributed by atoms with Gasteiger partial charge in [0.2, 0.25) is 11.8 Å². The van der Waals surface area contributed by atoms with E-state index in [-0.39, 0.29) is 25.0 Å². The smallest absolute Gasteiger partial charge is 0.235 e. The molecule has 1 aliphatic heterocycles. The Hall–Kier alpha value is -1.88. The number of rotatable bonds is 6. The molecule has 0 aromatic heterocycles. The van der Waals surface area contributed by atoms with Crippen LogP contribution in [-0.2, 0) is 16.0 Å². The van der Waals surface area contributed by atoms with Gasteiger partial charge in [-0.3, -0.25) is 14.5 Å². The molecule has 3 rings (SSSR count). The summed E-state index contributed by atoms with van der Waals surface area (Å²) in [4.78, 5) is 26.0. The molecule has 5 heteroatoms. The van der Waals surface area contributed by atoms with Gasteiger partial charge in [0.05, 0.1) is 12.0 Å². The quantitative estimate of drug-likeness (QED) is 0.812. The van der Waals surface area contributed by atoms with E-state index < -0.39 is 11.5 Å². The largest absolute Gasteiger partial charge is 0.491 e. The number of aryl methyl sites for hydroxylation is 1. The molecule has 2 fully saturated rings. The van der Waals surface area contributed by atoms with Crippen molar-refractivity contribution >= 4 is 11.8 Å². The predicted molar refractivity (Wildman–Crippen MR) is 89.6 cm³/mol. The van der Waals surface area contributed by atoms with Gasteiger partial charge in [-0.2, -0.15) is 0 Å². The summed E-state index contributed by atoms with van der Waals surface area (Å²) in [6.07, 6.45) is 4.00. The van der Waals surface area contributed by atoms with Crippen LogP contribution in [0.15, 0.2) is 24.3 Å². The lowest BCUT2D eigenvalue weighted by atomic mass is 9.84. The number of imide groups is 1. The fraction of sp³-hybridized carbons (Fsp3) is 0.579. The van der Waals surface area contributed by atoms with E-state index in [1.807, 2.05) is 24.3 Å². The Morgan fingerprint density at radius 3 is 2.50 bits per heavy atom. The van der Waals surface area contributed by atoms with Crippen LogP contribution in [0.25, 0.3) is 0 Å². The number of aliphatic hydroxyl groups is 1. The van der Waals surface area contributed by atoms with Crippen LogP contribution in [0.1, 0.15) is 44.6 Å². The van der Waals surface area contributed by atoms with Crippen LogP contribution in [0.2, 0.25) is 0 Å². The highest BCUT2D eigenvalue weighted by Gasteiger charge is 2.52. The van der Waals surface area contributed by atoms with Crippen LogP contribution >= 0.6 is 0 Å². The zero-order valence-corrected chi connectivity index (χ0v) is 14.2. The monoisotopic (exact) mass is 331 g/mol. The fourth-order valence-electron chi connectivity index (χ4n) is 3.76. The molecule has 5 nitrogen and oxygen atoms in total. The molecule has 24 heavy (non-hydrogen) atoms. The van der Waals surface area contributed by atoms with Crippen molar-refractivity contribution < 1.29 is 19.4 Å². The highest BCUT2D eigenvalue weighted by atomic mass is 16.5. The molecule has 1 saturated carbocycles. The Balaban J connectivity index is 1.53. The number of ether oxygens (including phenoxy) is 1. The van der Waals surface area contributed by atoms with Crippen LogP contribution in [0.4, 0.5) is 0 Å². The van der Waals surface area contributed by atoms with Gasteiger partial charge < -0.3 is 9.84 Å². The molecule has 1 aliphatic carbocycles. The molecule has 1 heterocycles. The number of hydrogen-bond donors (Lipinski definition) is 1. The zero-order chi connectivity index (χ0) is 17.2. The second-order valence-corrected chi connectivity index (χ2v) is 6.94. The lowest BCUT2D eigenvalue weighted by Crippen LogP contribution is -2.41. The zero-order valence-electron chi connectivity index (χ0n) is 14.2. The summed E-state index contributed by atoms with van der Waals surface area (Å²) in [5, 5.41) is 10.2. The van der Waals surface area contributed by atoms with Gasteiger partial charge in [0.1, 0.15) is 18.5 Å². The first-order valence-electron chi connectivity index (χ1n) is 8.79. The SMILES string of the molecule is CCc1ccc(OC[C@@H](O)CN2C(=O)CC3(CCCC3)C2=O)cc1. The van der Waals surface area contributed by atoms with Crippen LogP contribution < -0.4 is 4.74 Å². The van der Waals surface area contributed by atoms with Gasteiger partial charge in [-0.1, -0.05) is 31.9 Å². The van der Waals surface area contributed by atoms with E-state index in [0.29, 0.717) is 12.2 Å². The van der Waals surface area contributed by atoms with E-state index in [9.17, 15) is 14.7 Å². The number of nitrogens with zero attached hydrogens (tertiary/aromatic N) is 1. The number of amides is 2. The van der Waals surface area contributed by atoms with Gasteiger partial charge in [-0.05, 0) is 37.0 Å². The first-order chi connectivity index (χ1) is 11.5. The van der Waals surface area contributed by atoms with Crippen LogP contribution in [-0.4, -0.2) is 41.1 Å². The molecule has 1 spiro atoms. The number of likely N-dealkylation sites (tertiary alicyclic amines) is 1. The van der Waals surface area contributed by atoms with E-state index in [4.69, 9.17) is 4.74 Å². The second-order valence-electron chi connectivity index (χ2n) is 6.94. The van der Waals surface area contributed by atoms with Gasteiger partial charge in [0.25, 0.3) is 0 Å². The molecular formula is C19H25NO4. The minimum absolute atomic E-state index is 0.0203. The summed E-state index contributed by atoms with van der Waals surface area (Å²) in [6.45, 7) is 2.17. The fourth-order valence-corrected chi connectivity index (χ4v) is 3.76. The summed E-state index contributed by atoms with van der Waals surface area (Å²) in [7, 11) is 0. The van der Waals surface area contributed by atoms with E-state index >= 15 is 0 Å². The van der Waals surface area contributed by atoms with Crippen molar-refractivity contribution in [3.8, 4) is 5.75 Å². The van der Waals surface area contributed by atoms with E-state index in [2.05, 4.69) is 6.92 Å². The van der Waals surface area contributed by atoms with E-state index in [1.54, 1.807) is 0 Å². The molecule has 130 valence electrons. The van der Waals surface area contributed by atoms with Crippen molar-refractivity contribution in [2.24, 2.45) is 5.41 Å². The predicted octanol–water partition coefficient (Wildman–Crippen LogP) is 2.31. The summed E-state index contributed by atoms with van der Waals surface area (Å²) < 4.78 is 5.57. The Morgan fingerprint density at radius 2 is 1.88 bits per heavy atom. The van der Waals surface area contributed by atoms with Crippen molar-refractivity contribution in [2.75, 3.05) is 13.2 Å². The van der Waals surface area contributed by atoms with Gasteiger partial charge in [-0.15, -0.1) is 0 Å². The summed E-state index contributed by atoms with van der Waals surface area (Å²) in [6, 6.07) is 7.70. The topological polar surface area (TPSA) is 66.8 Å². The number of aliphatic hydroxyl groups excluding tert-OH is 1. The third-order valence-corrected chi connectivity index (χ3v) is 5.22. The summed E-state index contributed by atoms with van der Waals surface area (Å²) in [5.41, 5.74) is 0.742. The van der Waals surface area contributed by atoms with Crippen molar-refractivity contribution in [1.29, 1.82) is 0 Å². The van der Waals surface area contributed by atoms with Gasteiger partial charge in [-0.25, -0.2) is 0 Å². The molecule has 0 bridgehead atoms. The van der Waals surface area contributed by atoms with Crippen LogP contribution in [0.5, 0.6) is 5.75 Å². The molecule has 0 radical (unpaired) electrons. The summed E-state index contributed by atoms with van der Waals surface area (Å²) >= 11 is 0. The third-order valence-electron chi connectivity index (χ3n) is 5.22. The summed E-state index contributed by atoms with van der Waals surface area (Å²) in [5.74, 6) is 0.419. The van der Waals surface area contributed by atoms with Crippen molar-refractivity contribution in [3.05, 3.63) is 29.8 Å². The maximum atomic E-state index is 12.6. The second kappa shape index (κ2) is 6.93. The van der Waals surface area contributed by atoms with Crippen molar-refractivity contribution in [3.63, 3.8) is 0 Å². The molecule has 1 saturated heterocycles.